The molecule has 1 saturated heterocycles. The molecule has 2 aliphatic rings. The SMILES string of the molecule is Cc1cccc(C2CC(NCC3CCN(C)CC3)C2)c1. The van der Waals surface area contributed by atoms with Crippen molar-refractivity contribution in [3.63, 3.8) is 0 Å². The zero-order chi connectivity index (χ0) is 13.9. The van der Waals surface area contributed by atoms with E-state index in [0.717, 1.165) is 17.9 Å². The van der Waals surface area contributed by atoms with Crippen LogP contribution in [0.2, 0.25) is 0 Å². The molecule has 1 aromatic carbocycles. The summed E-state index contributed by atoms with van der Waals surface area (Å²) in [6.45, 7) is 5.99. The van der Waals surface area contributed by atoms with Crippen LogP contribution in [-0.2, 0) is 0 Å². The largest absolute Gasteiger partial charge is 0.314 e. The van der Waals surface area contributed by atoms with Gasteiger partial charge in [0, 0.05) is 6.04 Å². The highest BCUT2D eigenvalue weighted by Gasteiger charge is 2.30. The molecule has 2 fully saturated rings. The third-order valence-electron chi connectivity index (χ3n) is 5.18. The number of piperidine rings is 1. The fourth-order valence-corrected chi connectivity index (χ4v) is 3.58. The molecule has 1 N–H and O–H groups in total. The first kappa shape index (κ1) is 14.1. The molecule has 1 aromatic rings. The summed E-state index contributed by atoms with van der Waals surface area (Å²) < 4.78 is 0. The minimum Gasteiger partial charge on any atom is -0.314 e. The van der Waals surface area contributed by atoms with Crippen molar-refractivity contribution in [3.8, 4) is 0 Å². The Morgan fingerprint density at radius 1 is 1.20 bits per heavy atom. The average molecular weight is 272 g/mol. The number of hydrogen-bond acceptors (Lipinski definition) is 2. The highest BCUT2D eigenvalue weighted by atomic mass is 15.1. The molecule has 0 radical (unpaired) electrons. The van der Waals surface area contributed by atoms with Gasteiger partial charge in [-0.3, -0.25) is 0 Å². The molecule has 20 heavy (non-hydrogen) atoms. The van der Waals surface area contributed by atoms with Crippen LogP contribution in [0.3, 0.4) is 0 Å². The minimum atomic E-state index is 0.764. The van der Waals surface area contributed by atoms with Crippen molar-refractivity contribution in [3.05, 3.63) is 35.4 Å². The maximum Gasteiger partial charge on any atom is 0.00788 e. The Hall–Kier alpha value is -0.860. The van der Waals surface area contributed by atoms with E-state index < -0.39 is 0 Å². The summed E-state index contributed by atoms with van der Waals surface area (Å²) in [4.78, 5) is 2.45. The van der Waals surface area contributed by atoms with Crippen molar-refractivity contribution in [2.45, 2.75) is 44.6 Å². The van der Waals surface area contributed by atoms with E-state index in [0.29, 0.717) is 0 Å². The zero-order valence-corrected chi connectivity index (χ0v) is 12.9. The smallest absolute Gasteiger partial charge is 0.00788 e. The van der Waals surface area contributed by atoms with E-state index in [-0.39, 0.29) is 0 Å². The van der Waals surface area contributed by atoms with Gasteiger partial charge >= 0.3 is 0 Å². The maximum absolute atomic E-state index is 3.80. The van der Waals surface area contributed by atoms with Crippen LogP contribution < -0.4 is 5.32 Å². The van der Waals surface area contributed by atoms with E-state index >= 15 is 0 Å². The number of hydrogen-bond donors (Lipinski definition) is 1. The van der Waals surface area contributed by atoms with E-state index in [1.54, 1.807) is 5.56 Å². The summed E-state index contributed by atoms with van der Waals surface area (Å²) in [5, 5.41) is 3.80. The van der Waals surface area contributed by atoms with Gasteiger partial charge in [0.1, 0.15) is 0 Å². The quantitative estimate of drug-likeness (QED) is 0.905. The van der Waals surface area contributed by atoms with Gasteiger partial charge in [-0.25, -0.2) is 0 Å². The molecule has 3 rings (SSSR count). The second-order valence-corrected chi connectivity index (χ2v) is 6.93. The van der Waals surface area contributed by atoms with Crippen LogP contribution in [0.15, 0.2) is 24.3 Å². The number of benzene rings is 1. The van der Waals surface area contributed by atoms with Crippen LogP contribution in [0.25, 0.3) is 0 Å². The van der Waals surface area contributed by atoms with Crippen LogP contribution in [0.4, 0.5) is 0 Å². The van der Waals surface area contributed by atoms with Gasteiger partial charge in [0.15, 0.2) is 0 Å². The Bertz CT molecular complexity index is 429. The summed E-state index contributed by atoms with van der Waals surface area (Å²) in [6, 6.07) is 9.81. The lowest BCUT2D eigenvalue weighted by molar-refractivity contribution is 0.199. The van der Waals surface area contributed by atoms with E-state index in [4.69, 9.17) is 0 Å². The fourth-order valence-electron chi connectivity index (χ4n) is 3.58. The molecular formula is C18H28N2. The van der Waals surface area contributed by atoms with Gasteiger partial charge in [-0.05, 0) is 76.7 Å². The normalized spacial score (nSPS) is 28.3. The number of aryl methyl sites for hydroxylation is 1. The molecule has 0 bridgehead atoms. The molecular weight excluding hydrogens is 244 g/mol. The average Bonchev–Trinajstić information content (AvgIpc) is 2.39. The Balaban J connectivity index is 1.38. The van der Waals surface area contributed by atoms with Gasteiger partial charge < -0.3 is 10.2 Å². The van der Waals surface area contributed by atoms with Crippen LogP contribution >= 0.6 is 0 Å². The molecule has 1 saturated carbocycles. The van der Waals surface area contributed by atoms with Crippen molar-refractivity contribution in [1.29, 1.82) is 0 Å². The van der Waals surface area contributed by atoms with Gasteiger partial charge in [0.25, 0.3) is 0 Å². The van der Waals surface area contributed by atoms with E-state index in [9.17, 15) is 0 Å². The molecule has 110 valence electrons. The van der Waals surface area contributed by atoms with E-state index in [2.05, 4.69) is 48.5 Å². The molecule has 0 unspecified atom stereocenters. The molecule has 0 aromatic heterocycles. The minimum absolute atomic E-state index is 0.764. The van der Waals surface area contributed by atoms with Gasteiger partial charge in [-0.2, -0.15) is 0 Å². The fraction of sp³-hybridized carbons (Fsp3) is 0.667. The molecule has 1 aliphatic heterocycles. The van der Waals surface area contributed by atoms with Gasteiger partial charge in [-0.1, -0.05) is 29.8 Å². The third kappa shape index (κ3) is 3.42. The monoisotopic (exact) mass is 272 g/mol. The molecule has 0 amide bonds. The van der Waals surface area contributed by atoms with Crippen molar-refractivity contribution < 1.29 is 0 Å². The number of nitrogens with zero attached hydrogens (tertiary/aromatic N) is 1. The van der Waals surface area contributed by atoms with Crippen LogP contribution in [0.1, 0.15) is 42.7 Å². The van der Waals surface area contributed by atoms with Crippen molar-refractivity contribution in [2.75, 3.05) is 26.7 Å². The maximum atomic E-state index is 3.80. The molecule has 1 aliphatic carbocycles. The number of nitrogens with one attached hydrogen (secondary N) is 1. The lowest BCUT2D eigenvalue weighted by atomic mass is 9.75. The van der Waals surface area contributed by atoms with Crippen LogP contribution in [-0.4, -0.2) is 37.6 Å². The topological polar surface area (TPSA) is 15.3 Å². The van der Waals surface area contributed by atoms with E-state index in [1.165, 1.54) is 50.9 Å². The summed E-state index contributed by atoms with van der Waals surface area (Å²) in [6.07, 6.45) is 5.40. The Kier molecular flexibility index (Phi) is 4.42. The van der Waals surface area contributed by atoms with Crippen molar-refractivity contribution >= 4 is 0 Å². The van der Waals surface area contributed by atoms with Crippen molar-refractivity contribution in [2.24, 2.45) is 5.92 Å². The first-order valence-electron chi connectivity index (χ1n) is 8.19. The lowest BCUT2D eigenvalue weighted by Crippen LogP contribution is -2.44. The standard InChI is InChI=1S/C18H28N2/c1-14-4-3-5-16(10-14)17-11-18(12-17)19-13-15-6-8-20(2)9-7-15/h3-5,10,15,17-19H,6-9,11-13H2,1-2H3. The lowest BCUT2D eigenvalue weighted by Gasteiger charge is -2.38. The molecule has 1 heterocycles. The number of likely N-dealkylation sites (tertiary alicyclic amines) is 1. The Labute approximate surface area is 123 Å². The van der Waals surface area contributed by atoms with Crippen molar-refractivity contribution in [1.82, 2.24) is 10.2 Å². The second kappa shape index (κ2) is 6.28. The van der Waals surface area contributed by atoms with Gasteiger partial charge in [-0.15, -0.1) is 0 Å². The Morgan fingerprint density at radius 3 is 2.65 bits per heavy atom. The zero-order valence-electron chi connectivity index (χ0n) is 12.9. The molecule has 0 atom stereocenters. The van der Waals surface area contributed by atoms with Gasteiger partial charge in [0.05, 0.1) is 0 Å². The molecule has 2 nitrogen and oxygen atoms in total. The summed E-state index contributed by atoms with van der Waals surface area (Å²) >= 11 is 0. The van der Waals surface area contributed by atoms with Gasteiger partial charge in [0.2, 0.25) is 0 Å². The van der Waals surface area contributed by atoms with Crippen LogP contribution in [0, 0.1) is 12.8 Å². The summed E-state index contributed by atoms with van der Waals surface area (Å²) in [5.41, 5.74) is 2.94. The van der Waals surface area contributed by atoms with E-state index in [1.807, 2.05) is 0 Å². The summed E-state index contributed by atoms with van der Waals surface area (Å²) in [5.74, 6) is 1.70. The first-order valence-corrected chi connectivity index (χ1v) is 8.19. The predicted molar refractivity (Wildman–Crippen MR) is 85.2 cm³/mol. The third-order valence-corrected chi connectivity index (χ3v) is 5.18. The highest BCUT2D eigenvalue weighted by molar-refractivity contribution is 5.27. The first-order chi connectivity index (χ1) is 9.70. The Morgan fingerprint density at radius 2 is 1.95 bits per heavy atom. The second-order valence-electron chi connectivity index (χ2n) is 6.93. The molecule has 2 heteroatoms. The summed E-state index contributed by atoms with van der Waals surface area (Å²) in [7, 11) is 2.24. The predicted octanol–water partition coefficient (Wildman–Crippen LogP) is 3.17. The van der Waals surface area contributed by atoms with Crippen LogP contribution in [0.5, 0.6) is 0 Å². The molecule has 0 spiro atoms. The highest BCUT2D eigenvalue weighted by Crippen LogP contribution is 2.37. The number of rotatable bonds is 4.